The van der Waals surface area contributed by atoms with Gasteiger partial charge in [0.15, 0.2) is 0 Å². The van der Waals surface area contributed by atoms with Crippen LogP contribution in [0.25, 0.3) is 0 Å². The van der Waals surface area contributed by atoms with Crippen LogP contribution < -0.4 is 0 Å². The Morgan fingerprint density at radius 1 is 1.00 bits per heavy atom. The number of aromatic hydroxyl groups is 1. The Kier molecular flexibility index (Phi) is 5.73. The van der Waals surface area contributed by atoms with Gasteiger partial charge in [0.25, 0.3) is 0 Å². The zero-order valence-corrected chi connectivity index (χ0v) is 13.1. The lowest BCUT2D eigenvalue weighted by Gasteiger charge is -2.22. The quantitative estimate of drug-likeness (QED) is 0.803. The Morgan fingerprint density at radius 3 is 2.27 bits per heavy atom. The lowest BCUT2D eigenvalue weighted by molar-refractivity contribution is 0.0988. The van der Waals surface area contributed by atoms with Gasteiger partial charge < -0.3 is 10.2 Å². The van der Waals surface area contributed by atoms with Crippen molar-refractivity contribution in [3.63, 3.8) is 0 Å². The fraction of sp³-hybridized carbons (Fsp3) is 0.316. The number of aliphatic hydroxyl groups is 1. The molecule has 0 bridgehead atoms. The molecule has 2 rings (SSSR count). The lowest BCUT2D eigenvalue weighted by Crippen LogP contribution is -2.31. The Labute approximate surface area is 132 Å². The summed E-state index contributed by atoms with van der Waals surface area (Å²) in [6.07, 6.45) is 1.79. The van der Waals surface area contributed by atoms with Gasteiger partial charge in [-0.2, -0.15) is 0 Å². The standard InChI is InChI=1S/C19H23NO2/c1-14(2)19(22)17(12-15-8-4-3-5-9-15)20-13-16-10-6-7-11-18(16)21/h3-11,13-14,17,19,21-22H,12H2,1-2H3/t17-,19+/m0/s1. The maximum absolute atomic E-state index is 10.4. The fourth-order valence-corrected chi connectivity index (χ4v) is 2.33. The number of nitrogens with zero attached hydrogens (tertiary/aromatic N) is 1. The van der Waals surface area contributed by atoms with Crippen LogP contribution in [0, 0.1) is 5.92 Å². The first-order chi connectivity index (χ1) is 10.6. The second-order valence-corrected chi connectivity index (χ2v) is 5.83. The highest BCUT2D eigenvalue weighted by molar-refractivity contribution is 5.83. The average Bonchev–Trinajstić information content (AvgIpc) is 2.53. The summed E-state index contributed by atoms with van der Waals surface area (Å²) in [4.78, 5) is 4.54. The lowest BCUT2D eigenvalue weighted by atomic mass is 9.94. The monoisotopic (exact) mass is 297 g/mol. The maximum Gasteiger partial charge on any atom is 0.124 e. The zero-order chi connectivity index (χ0) is 15.9. The first-order valence-electron chi connectivity index (χ1n) is 7.61. The summed E-state index contributed by atoms with van der Waals surface area (Å²) in [7, 11) is 0. The largest absolute Gasteiger partial charge is 0.507 e. The number of phenols is 1. The average molecular weight is 297 g/mol. The van der Waals surface area contributed by atoms with Gasteiger partial charge in [0.1, 0.15) is 5.75 Å². The summed E-state index contributed by atoms with van der Waals surface area (Å²) < 4.78 is 0. The molecule has 0 aromatic heterocycles. The number of hydrogen-bond acceptors (Lipinski definition) is 3. The van der Waals surface area contributed by atoms with Crippen molar-refractivity contribution >= 4 is 6.21 Å². The van der Waals surface area contributed by atoms with E-state index in [-0.39, 0.29) is 17.7 Å². The van der Waals surface area contributed by atoms with Gasteiger partial charge >= 0.3 is 0 Å². The number of aliphatic hydroxyl groups excluding tert-OH is 1. The summed E-state index contributed by atoms with van der Waals surface area (Å²) in [6, 6.07) is 16.9. The normalized spacial score (nSPS) is 14.4. The van der Waals surface area contributed by atoms with Crippen molar-refractivity contribution < 1.29 is 10.2 Å². The van der Waals surface area contributed by atoms with Gasteiger partial charge in [-0.05, 0) is 30.0 Å². The molecule has 0 aliphatic rings. The molecule has 0 fully saturated rings. The molecule has 0 spiro atoms. The number of aliphatic imine (C=N–C) groups is 1. The molecule has 0 amide bonds. The molecule has 0 saturated heterocycles. The molecular weight excluding hydrogens is 274 g/mol. The van der Waals surface area contributed by atoms with Crippen LogP contribution in [0.2, 0.25) is 0 Å². The number of benzene rings is 2. The molecule has 2 aromatic rings. The molecule has 3 nitrogen and oxygen atoms in total. The minimum atomic E-state index is -0.526. The van der Waals surface area contributed by atoms with Gasteiger partial charge in [-0.3, -0.25) is 4.99 Å². The molecule has 116 valence electrons. The van der Waals surface area contributed by atoms with Gasteiger partial charge in [0.2, 0.25) is 0 Å². The Hall–Kier alpha value is -2.13. The van der Waals surface area contributed by atoms with Crippen molar-refractivity contribution in [3.05, 3.63) is 65.7 Å². The third-order valence-electron chi connectivity index (χ3n) is 3.71. The highest BCUT2D eigenvalue weighted by atomic mass is 16.3. The maximum atomic E-state index is 10.4. The van der Waals surface area contributed by atoms with E-state index >= 15 is 0 Å². The third-order valence-corrected chi connectivity index (χ3v) is 3.71. The van der Waals surface area contributed by atoms with Crippen molar-refractivity contribution in [2.24, 2.45) is 10.9 Å². The van der Waals surface area contributed by atoms with Crippen LogP contribution in [0.5, 0.6) is 5.75 Å². The summed E-state index contributed by atoms with van der Waals surface area (Å²) in [5.74, 6) is 0.319. The molecule has 0 aliphatic heterocycles. The van der Waals surface area contributed by atoms with E-state index in [4.69, 9.17) is 0 Å². The van der Waals surface area contributed by atoms with E-state index in [0.29, 0.717) is 12.0 Å². The highest BCUT2D eigenvalue weighted by Crippen LogP contribution is 2.17. The molecule has 2 N–H and O–H groups in total. The zero-order valence-electron chi connectivity index (χ0n) is 13.1. The molecular formula is C19H23NO2. The Morgan fingerprint density at radius 2 is 1.64 bits per heavy atom. The molecule has 22 heavy (non-hydrogen) atoms. The number of hydrogen-bond donors (Lipinski definition) is 2. The van der Waals surface area contributed by atoms with E-state index in [1.807, 2.05) is 50.2 Å². The number of rotatable bonds is 6. The van der Waals surface area contributed by atoms with Gasteiger partial charge in [-0.25, -0.2) is 0 Å². The predicted molar refractivity (Wildman–Crippen MR) is 90.5 cm³/mol. The molecule has 0 aliphatic carbocycles. The summed E-state index contributed by atoms with van der Waals surface area (Å²) in [5.41, 5.74) is 1.80. The van der Waals surface area contributed by atoms with E-state index in [1.165, 1.54) is 0 Å². The van der Waals surface area contributed by atoms with Crippen molar-refractivity contribution in [2.45, 2.75) is 32.4 Å². The highest BCUT2D eigenvalue weighted by Gasteiger charge is 2.21. The van der Waals surface area contributed by atoms with E-state index in [9.17, 15) is 10.2 Å². The molecule has 2 atom stereocenters. The van der Waals surface area contributed by atoms with Gasteiger partial charge in [-0.15, -0.1) is 0 Å². The van der Waals surface area contributed by atoms with Crippen LogP contribution in [0.3, 0.4) is 0 Å². The minimum Gasteiger partial charge on any atom is -0.507 e. The van der Waals surface area contributed by atoms with Crippen LogP contribution >= 0.6 is 0 Å². The summed E-state index contributed by atoms with van der Waals surface area (Å²) >= 11 is 0. The van der Waals surface area contributed by atoms with Gasteiger partial charge in [0, 0.05) is 11.8 Å². The minimum absolute atomic E-state index is 0.121. The van der Waals surface area contributed by atoms with E-state index in [1.54, 1.807) is 24.4 Å². The summed E-state index contributed by atoms with van der Waals surface area (Å²) in [5, 5.41) is 20.2. The van der Waals surface area contributed by atoms with Crippen LogP contribution in [0.4, 0.5) is 0 Å². The van der Waals surface area contributed by atoms with Crippen molar-refractivity contribution in [1.82, 2.24) is 0 Å². The van der Waals surface area contributed by atoms with Crippen LogP contribution in [-0.2, 0) is 6.42 Å². The van der Waals surface area contributed by atoms with Crippen LogP contribution in [-0.4, -0.2) is 28.6 Å². The van der Waals surface area contributed by atoms with Crippen molar-refractivity contribution in [2.75, 3.05) is 0 Å². The fourth-order valence-electron chi connectivity index (χ4n) is 2.33. The number of phenolic OH excluding ortho intramolecular Hbond substituents is 1. The second-order valence-electron chi connectivity index (χ2n) is 5.83. The van der Waals surface area contributed by atoms with E-state index in [2.05, 4.69) is 4.99 Å². The topological polar surface area (TPSA) is 52.8 Å². The molecule has 2 aromatic carbocycles. The molecule has 0 radical (unpaired) electrons. The van der Waals surface area contributed by atoms with E-state index in [0.717, 1.165) is 5.56 Å². The van der Waals surface area contributed by atoms with E-state index < -0.39 is 6.10 Å². The van der Waals surface area contributed by atoms with Gasteiger partial charge in [-0.1, -0.05) is 56.3 Å². The smallest absolute Gasteiger partial charge is 0.124 e. The first kappa shape index (κ1) is 16.2. The third kappa shape index (κ3) is 4.43. The predicted octanol–water partition coefficient (Wildman–Crippen LogP) is 3.44. The molecule has 3 heteroatoms. The van der Waals surface area contributed by atoms with Crippen molar-refractivity contribution in [3.8, 4) is 5.75 Å². The SMILES string of the molecule is CC(C)[C@@H](O)[C@H](Cc1ccccc1)N=Cc1ccccc1O. The molecule has 0 saturated carbocycles. The summed E-state index contributed by atoms with van der Waals surface area (Å²) in [6.45, 7) is 3.97. The first-order valence-corrected chi connectivity index (χ1v) is 7.61. The van der Waals surface area contributed by atoms with Crippen LogP contribution in [0.1, 0.15) is 25.0 Å². The van der Waals surface area contributed by atoms with Gasteiger partial charge in [0.05, 0.1) is 12.1 Å². The molecule has 0 unspecified atom stereocenters. The Balaban J connectivity index is 2.19. The van der Waals surface area contributed by atoms with Crippen molar-refractivity contribution in [1.29, 1.82) is 0 Å². The Bertz CT molecular complexity index is 608. The van der Waals surface area contributed by atoms with Crippen LogP contribution in [0.15, 0.2) is 59.6 Å². The second kappa shape index (κ2) is 7.76. The molecule has 0 heterocycles. The number of para-hydroxylation sites is 1.